The van der Waals surface area contributed by atoms with Crippen LogP contribution in [0.15, 0.2) is 42.5 Å². The molecule has 0 bridgehead atoms. The Bertz CT molecular complexity index is 790. The fourth-order valence-electron chi connectivity index (χ4n) is 2.52. The molecule has 0 radical (unpaired) electrons. The van der Waals surface area contributed by atoms with Crippen molar-refractivity contribution >= 4 is 29.0 Å². The van der Waals surface area contributed by atoms with Crippen LogP contribution < -0.4 is 20.9 Å². The largest absolute Gasteiger partial charge is 0.378 e. The van der Waals surface area contributed by atoms with Crippen molar-refractivity contribution in [2.24, 2.45) is 0 Å². The highest BCUT2D eigenvalue weighted by Crippen LogP contribution is 2.31. The van der Waals surface area contributed by atoms with E-state index in [1.165, 1.54) is 18.2 Å². The molecule has 1 aliphatic heterocycles. The topological polar surface area (TPSA) is 73.5 Å². The van der Waals surface area contributed by atoms with Crippen molar-refractivity contribution in [3.8, 4) is 0 Å². The Balaban J connectivity index is 1.69. The molecule has 0 saturated heterocycles. The van der Waals surface area contributed by atoms with Gasteiger partial charge in [-0.2, -0.15) is 0 Å². The number of rotatable bonds is 3. The minimum absolute atomic E-state index is 0.395. The van der Waals surface area contributed by atoms with Gasteiger partial charge < -0.3 is 20.9 Å². The van der Waals surface area contributed by atoms with Gasteiger partial charge in [-0.1, -0.05) is 0 Å². The molecule has 1 aliphatic rings. The van der Waals surface area contributed by atoms with Crippen molar-refractivity contribution in [2.45, 2.75) is 6.04 Å². The summed E-state index contributed by atoms with van der Waals surface area (Å²) >= 11 is 0. The Morgan fingerprint density at radius 1 is 1.17 bits per heavy atom. The zero-order valence-corrected chi connectivity index (χ0v) is 13.3. The van der Waals surface area contributed by atoms with E-state index in [0.717, 1.165) is 5.69 Å². The van der Waals surface area contributed by atoms with E-state index < -0.39 is 23.8 Å². The molecule has 0 aliphatic carbocycles. The van der Waals surface area contributed by atoms with Crippen molar-refractivity contribution in [2.75, 3.05) is 29.6 Å². The zero-order chi connectivity index (χ0) is 17.3. The Labute approximate surface area is 138 Å². The number of anilines is 3. The summed E-state index contributed by atoms with van der Waals surface area (Å²) in [7, 11) is 3.84. The molecular weight excluding hydrogens is 311 g/mol. The Morgan fingerprint density at radius 2 is 1.88 bits per heavy atom. The number of fused-ring (bicyclic) bond motifs is 1. The number of hydrogen-bond donors (Lipinski definition) is 3. The smallest absolute Gasteiger partial charge is 0.320 e. The summed E-state index contributed by atoms with van der Waals surface area (Å²) in [5.41, 5.74) is 2.51. The van der Waals surface area contributed by atoms with Crippen LogP contribution in [0.5, 0.6) is 0 Å². The fourth-order valence-corrected chi connectivity index (χ4v) is 2.52. The number of urea groups is 1. The van der Waals surface area contributed by atoms with Crippen LogP contribution in [-0.4, -0.2) is 26.0 Å². The van der Waals surface area contributed by atoms with E-state index in [2.05, 4.69) is 16.0 Å². The summed E-state index contributed by atoms with van der Waals surface area (Å²) in [5, 5.41) is 7.83. The van der Waals surface area contributed by atoms with E-state index >= 15 is 0 Å². The van der Waals surface area contributed by atoms with Gasteiger partial charge in [-0.25, -0.2) is 9.18 Å². The minimum Gasteiger partial charge on any atom is -0.378 e. The first-order valence-electron chi connectivity index (χ1n) is 7.39. The van der Waals surface area contributed by atoms with E-state index in [1.807, 2.05) is 31.1 Å². The zero-order valence-electron chi connectivity index (χ0n) is 13.3. The van der Waals surface area contributed by atoms with Gasteiger partial charge in [0.05, 0.1) is 0 Å². The molecule has 3 N–H and O–H groups in total. The van der Waals surface area contributed by atoms with Gasteiger partial charge in [-0.15, -0.1) is 0 Å². The van der Waals surface area contributed by atoms with Gasteiger partial charge >= 0.3 is 6.03 Å². The molecule has 3 rings (SSSR count). The van der Waals surface area contributed by atoms with Crippen LogP contribution in [0.2, 0.25) is 0 Å². The first-order chi connectivity index (χ1) is 11.4. The van der Waals surface area contributed by atoms with Crippen molar-refractivity contribution in [1.82, 2.24) is 5.32 Å². The lowest BCUT2D eigenvalue weighted by Crippen LogP contribution is -2.36. The highest BCUT2D eigenvalue weighted by molar-refractivity contribution is 6.05. The predicted octanol–water partition coefficient (Wildman–Crippen LogP) is 2.71. The first-order valence-corrected chi connectivity index (χ1v) is 7.39. The molecule has 7 heteroatoms. The van der Waals surface area contributed by atoms with Crippen LogP contribution in [0.25, 0.3) is 0 Å². The minimum atomic E-state index is -0.920. The first kappa shape index (κ1) is 15.8. The summed E-state index contributed by atoms with van der Waals surface area (Å²) < 4.78 is 13.4. The number of nitrogens with one attached hydrogen (secondary N) is 3. The summed E-state index contributed by atoms with van der Waals surface area (Å²) in [5.74, 6) is -0.856. The molecule has 24 heavy (non-hydrogen) atoms. The van der Waals surface area contributed by atoms with Crippen molar-refractivity contribution in [1.29, 1.82) is 0 Å². The molecule has 1 unspecified atom stereocenters. The van der Waals surface area contributed by atoms with Crippen LogP contribution >= 0.6 is 0 Å². The molecule has 3 amide bonds. The van der Waals surface area contributed by atoms with Crippen molar-refractivity contribution in [3.63, 3.8) is 0 Å². The number of carbonyl (C=O) groups excluding carboxylic acids is 2. The molecule has 1 heterocycles. The highest BCUT2D eigenvalue weighted by Gasteiger charge is 2.32. The fraction of sp³-hybridized carbons (Fsp3) is 0.176. The molecule has 6 nitrogen and oxygen atoms in total. The second-order valence-corrected chi connectivity index (χ2v) is 5.69. The summed E-state index contributed by atoms with van der Waals surface area (Å²) in [4.78, 5) is 26.0. The monoisotopic (exact) mass is 328 g/mol. The number of carbonyl (C=O) groups is 2. The Kier molecular flexibility index (Phi) is 4.07. The molecular formula is C17H17FN4O2. The SMILES string of the molecule is CN(C)c1ccc(NC(=O)NC2C(=O)Nc3ccc(F)cc32)cc1. The lowest BCUT2D eigenvalue weighted by atomic mass is 10.1. The second-order valence-electron chi connectivity index (χ2n) is 5.69. The third kappa shape index (κ3) is 3.15. The number of hydrogen-bond acceptors (Lipinski definition) is 3. The summed E-state index contributed by atoms with van der Waals surface area (Å²) in [6, 6.07) is 9.77. The maximum absolute atomic E-state index is 13.4. The quantitative estimate of drug-likeness (QED) is 0.811. The number of benzene rings is 2. The van der Waals surface area contributed by atoms with Crippen molar-refractivity contribution < 1.29 is 14.0 Å². The average Bonchev–Trinajstić information content (AvgIpc) is 2.83. The van der Waals surface area contributed by atoms with Gasteiger partial charge in [0.15, 0.2) is 0 Å². The average molecular weight is 328 g/mol. The second kappa shape index (κ2) is 6.19. The highest BCUT2D eigenvalue weighted by atomic mass is 19.1. The van der Waals surface area contributed by atoms with E-state index in [0.29, 0.717) is 16.9 Å². The van der Waals surface area contributed by atoms with Crippen LogP contribution in [0.4, 0.5) is 26.2 Å². The van der Waals surface area contributed by atoms with Gasteiger partial charge in [-0.05, 0) is 42.5 Å². The van der Waals surface area contributed by atoms with Crippen LogP contribution in [0, 0.1) is 5.82 Å². The van der Waals surface area contributed by atoms with E-state index in [1.54, 1.807) is 12.1 Å². The van der Waals surface area contributed by atoms with Crippen molar-refractivity contribution in [3.05, 3.63) is 53.8 Å². The van der Waals surface area contributed by atoms with E-state index in [-0.39, 0.29) is 0 Å². The number of nitrogens with zero attached hydrogens (tertiary/aromatic N) is 1. The lowest BCUT2D eigenvalue weighted by Gasteiger charge is -2.15. The molecule has 0 spiro atoms. The molecule has 0 aromatic heterocycles. The summed E-state index contributed by atoms with van der Waals surface area (Å²) in [6.45, 7) is 0. The predicted molar refractivity (Wildman–Crippen MR) is 90.7 cm³/mol. The molecule has 0 fully saturated rings. The molecule has 0 saturated carbocycles. The van der Waals surface area contributed by atoms with Crippen LogP contribution in [0.1, 0.15) is 11.6 Å². The van der Waals surface area contributed by atoms with Gasteiger partial charge in [0.1, 0.15) is 11.9 Å². The normalized spacial score (nSPS) is 15.5. The maximum Gasteiger partial charge on any atom is 0.320 e. The molecule has 1 atom stereocenters. The number of halogens is 1. The van der Waals surface area contributed by atoms with E-state index in [4.69, 9.17) is 0 Å². The maximum atomic E-state index is 13.4. The number of amides is 3. The van der Waals surface area contributed by atoms with Crippen LogP contribution in [-0.2, 0) is 4.79 Å². The standard InChI is InChI=1S/C17H17FN4O2/c1-22(2)12-6-4-11(5-7-12)19-17(24)21-15-13-9-10(18)3-8-14(13)20-16(15)23/h3-9,15H,1-2H3,(H,20,23)(H2,19,21,24). The van der Waals surface area contributed by atoms with Gasteiger partial charge in [0, 0.05) is 36.7 Å². The third-order valence-electron chi connectivity index (χ3n) is 3.76. The molecule has 2 aromatic rings. The lowest BCUT2D eigenvalue weighted by molar-refractivity contribution is -0.117. The Hall–Kier alpha value is -3.09. The summed E-state index contributed by atoms with van der Waals surface area (Å²) in [6.07, 6.45) is 0. The van der Waals surface area contributed by atoms with Gasteiger partial charge in [-0.3, -0.25) is 4.79 Å². The van der Waals surface area contributed by atoms with Gasteiger partial charge in [0.25, 0.3) is 5.91 Å². The third-order valence-corrected chi connectivity index (χ3v) is 3.76. The Morgan fingerprint density at radius 3 is 2.54 bits per heavy atom. The van der Waals surface area contributed by atoms with Gasteiger partial charge in [0.2, 0.25) is 0 Å². The molecule has 124 valence electrons. The van der Waals surface area contributed by atoms with E-state index in [9.17, 15) is 14.0 Å². The van der Waals surface area contributed by atoms with Crippen LogP contribution in [0.3, 0.4) is 0 Å². The molecule has 2 aromatic carbocycles.